The first kappa shape index (κ1) is 17.5. The molecule has 2 aromatic carbocycles. The maximum Gasteiger partial charge on any atom is 0.243 e. The van der Waals surface area contributed by atoms with Gasteiger partial charge in [-0.2, -0.15) is 4.31 Å². The third-order valence-electron chi connectivity index (χ3n) is 3.97. The molecule has 1 saturated heterocycles. The predicted octanol–water partition coefficient (Wildman–Crippen LogP) is 1.97. The predicted molar refractivity (Wildman–Crippen MR) is 87.9 cm³/mol. The van der Waals surface area contributed by atoms with E-state index in [4.69, 9.17) is 0 Å². The molecule has 1 fully saturated rings. The zero-order chi connectivity index (χ0) is 18.0. The molecule has 0 spiro atoms. The molecule has 1 N–H and O–H groups in total. The largest absolute Gasteiger partial charge is 0.353 e. The number of carbonyl (C=O) groups excluding carboxylic acids is 1. The van der Waals surface area contributed by atoms with Gasteiger partial charge in [0, 0.05) is 13.1 Å². The molecule has 1 atom stereocenters. The Morgan fingerprint density at radius 2 is 1.56 bits per heavy atom. The maximum absolute atomic E-state index is 13.1. The highest BCUT2D eigenvalue weighted by molar-refractivity contribution is 7.88. The summed E-state index contributed by atoms with van der Waals surface area (Å²) >= 11 is 0. The average Bonchev–Trinajstić information content (AvgIpc) is 2.57. The molecule has 2 aromatic rings. The van der Waals surface area contributed by atoms with Crippen LogP contribution < -0.4 is 5.32 Å². The van der Waals surface area contributed by atoms with Gasteiger partial charge >= 0.3 is 0 Å². The topological polar surface area (TPSA) is 66.5 Å². The van der Waals surface area contributed by atoms with E-state index >= 15 is 0 Å². The molecule has 0 aromatic heterocycles. The second-order valence-corrected chi connectivity index (χ2v) is 7.66. The van der Waals surface area contributed by atoms with Gasteiger partial charge in [-0.05, 0) is 35.4 Å². The summed E-state index contributed by atoms with van der Waals surface area (Å²) in [4.78, 5) is 12.3. The van der Waals surface area contributed by atoms with Crippen LogP contribution in [-0.4, -0.2) is 31.7 Å². The van der Waals surface area contributed by atoms with Gasteiger partial charge in [0.05, 0.1) is 5.75 Å². The molecule has 0 saturated carbocycles. The van der Waals surface area contributed by atoms with Crippen LogP contribution in [0.25, 0.3) is 0 Å². The monoisotopic (exact) mass is 366 g/mol. The van der Waals surface area contributed by atoms with E-state index in [0.717, 1.165) is 4.31 Å². The molecule has 1 heterocycles. The Morgan fingerprint density at radius 1 is 1.00 bits per heavy atom. The molecule has 8 heteroatoms. The summed E-state index contributed by atoms with van der Waals surface area (Å²) in [6, 6.07) is 9.25. The number of benzene rings is 2. The van der Waals surface area contributed by atoms with Crippen LogP contribution in [0.1, 0.15) is 17.2 Å². The Kier molecular flexibility index (Phi) is 4.82. The van der Waals surface area contributed by atoms with Gasteiger partial charge in [-0.1, -0.05) is 24.3 Å². The molecule has 0 radical (unpaired) electrons. The van der Waals surface area contributed by atoms with Crippen molar-refractivity contribution < 1.29 is 22.0 Å². The Balaban J connectivity index is 1.92. The molecule has 1 amide bonds. The fraction of sp³-hybridized carbons (Fsp3) is 0.235. The number of halogens is 2. The van der Waals surface area contributed by atoms with E-state index in [1.807, 2.05) is 0 Å². The van der Waals surface area contributed by atoms with E-state index in [9.17, 15) is 22.0 Å². The van der Waals surface area contributed by atoms with E-state index in [-0.39, 0.29) is 18.8 Å². The molecule has 25 heavy (non-hydrogen) atoms. The Hall–Kier alpha value is -2.32. The van der Waals surface area contributed by atoms with Gasteiger partial charge in [0.15, 0.2) is 0 Å². The van der Waals surface area contributed by atoms with E-state index in [1.54, 1.807) is 0 Å². The summed E-state index contributed by atoms with van der Waals surface area (Å²) in [5, 5.41) is 2.63. The van der Waals surface area contributed by atoms with E-state index in [2.05, 4.69) is 5.32 Å². The minimum Gasteiger partial charge on any atom is -0.353 e. The van der Waals surface area contributed by atoms with Gasteiger partial charge in [0.1, 0.15) is 17.7 Å². The van der Waals surface area contributed by atoms with Crippen LogP contribution in [-0.2, 0) is 20.6 Å². The summed E-state index contributed by atoms with van der Waals surface area (Å²) < 4.78 is 52.9. The third kappa shape index (κ3) is 3.85. The first-order chi connectivity index (χ1) is 11.9. The number of piperazine rings is 1. The summed E-state index contributed by atoms with van der Waals surface area (Å²) in [5.41, 5.74) is 0.812. The van der Waals surface area contributed by atoms with E-state index in [1.165, 1.54) is 48.5 Å². The second-order valence-electron chi connectivity index (χ2n) is 5.74. The van der Waals surface area contributed by atoms with Crippen molar-refractivity contribution in [3.63, 3.8) is 0 Å². The van der Waals surface area contributed by atoms with Crippen LogP contribution in [0, 0.1) is 11.6 Å². The lowest BCUT2D eigenvalue weighted by atomic mass is 10.0. The number of carbonyl (C=O) groups is 1. The van der Waals surface area contributed by atoms with E-state index in [0.29, 0.717) is 11.1 Å². The normalized spacial score (nSPS) is 18.8. The quantitative estimate of drug-likeness (QED) is 0.900. The number of hydrogen-bond donors (Lipinski definition) is 1. The van der Waals surface area contributed by atoms with Crippen LogP contribution in [0.2, 0.25) is 0 Å². The smallest absolute Gasteiger partial charge is 0.243 e. The van der Waals surface area contributed by atoms with Crippen molar-refractivity contribution in [3.8, 4) is 0 Å². The Bertz CT molecular complexity index is 868. The lowest BCUT2D eigenvalue weighted by Crippen LogP contribution is -2.52. The molecular formula is C17H16F2N2O3S. The van der Waals surface area contributed by atoms with Crippen molar-refractivity contribution in [2.24, 2.45) is 0 Å². The van der Waals surface area contributed by atoms with Crippen molar-refractivity contribution in [1.82, 2.24) is 9.62 Å². The van der Waals surface area contributed by atoms with Gasteiger partial charge in [-0.25, -0.2) is 17.2 Å². The highest BCUT2D eigenvalue weighted by atomic mass is 32.2. The van der Waals surface area contributed by atoms with Crippen LogP contribution in [0.4, 0.5) is 8.78 Å². The highest BCUT2D eigenvalue weighted by Gasteiger charge is 2.38. The molecule has 132 valence electrons. The Labute approximate surface area is 144 Å². The average molecular weight is 366 g/mol. The zero-order valence-electron chi connectivity index (χ0n) is 13.2. The lowest BCUT2D eigenvalue weighted by Gasteiger charge is -2.34. The van der Waals surface area contributed by atoms with Crippen molar-refractivity contribution in [1.29, 1.82) is 0 Å². The number of sulfonamides is 1. The first-order valence-corrected chi connectivity index (χ1v) is 9.25. The van der Waals surface area contributed by atoms with E-state index < -0.39 is 33.6 Å². The van der Waals surface area contributed by atoms with Gasteiger partial charge in [-0.3, -0.25) is 4.79 Å². The van der Waals surface area contributed by atoms with Crippen molar-refractivity contribution in [3.05, 3.63) is 71.3 Å². The van der Waals surface area contributed by atoms with Crippen LogP contribution in [0.15, 0.2) is 48.5 Å². The molecule has 0 bridgehead atoms. The molecule has 5 nitrogen and oxygen atoms in total. The summed E-state index contributed by atoms with van der Waals surface area (Å²) in [5.74, 6) is -1.73. The first-order valence-electron chi connectivity index (χ1n) is 7.64. The molecule has 1 aliphatic rings. The molecular weight excluding hydrogens is 350 g/mol. The zero-order valence-corrected chi connectivity index (χ0v) is 14.0. The number of hydrogen-bond acceptors (Lipinski definition) is 3. The standard InChI is InChI=1S/C17H16F2N2O3S/c18-14-5-1-12(2-6-14)11-25(23,24)21-10-9-20-17(22)16(21)13-3-7-15(19)8-4-13/h1-8,16H,9-11H2,(H,20,22). The third-order valence-corrected chi connectivity index (χ3v) is 5.78. The summed E-state index contributed by atoms with van der Waals surface area (Å²) in [6.07, 6.45) is 0. The fourth-order valence-electron chi connectivity index (χ4n) is 2.78. The summed E-state index contributed by atoms with van der Waals surface area (Å²) in [6.45, 7) is 0.302. The summed E-state index contributed by atoms with van der Waals surface area (Å²) in [7, 11) is -3.83. The van der Waals surface area contributed by atoms with Crippen molar-refractivity contribution >= 4 is 15.9 Å². The van der Waals surface area contributed by atoms with Crippen molar-refractivity contribution in [2.75, 3.05) is 13.1 Å². The lowest BCUT2D eigenvalue weighted by molar-refractivity contribution is -0.126. The minimum absolute atomic E-state index is 0.108. The Morgan fingerprint density at radius 3 is 2.16 bits per heavy atom. The fourth-order valence-corrected chi connectivity index (χ4v) is 4.47. The van der Waals surface area contributed by atoms with Gasteiger partial charge < -0.3 is 5.32 Å². The minimum atomic E-state index is -3.83. The molecule has 3 rings (SSSR count). The number of nitrogens with one attached hydrogen (secondary N) is 1. The highest BCUT2D eigenvalue weighted by Crippen LogP contribution is 2.28. The SMILES string of the molecule is O=C1NCCN(S(=O)(=O)Cc2ccc(F)cc2)C1c1ccc(F)cc1. The van der Waals surface area contributed by atoms with Gasteiger partial charge in [-0.15, -0.1) is 0 Å². The number of amides is 1. The number of rotatable bonds is 4. The molecule has 0 aliphatic carbocycles. The van der Waals surface area contributed by atoms with Gasteiger partial charge in [0.25, 0.3) is 0 Å². The molecule has 1 aliphatic heterocycles. The van der Waals surface area contributed by atoms with Crippen molar-refractivity contribution in [2.45, 2.75) is 11.8 Å². The maximum atomic E-state index is 13.1. The second kappa shape index (κ2) is 6.89. The van der Waals surface area contributed by atoms with Crippen LogP contribution in [0.5, 0.6) is 0 Å². The number of nitrogens with zero attached hydrogens (tertiary/aromatic N) is 1. The van der Waals surface area contributed by atoms with Crippen LogP contribution >= 0.6 is 0 Å². The van der Waals surface area contributed by atoms with Crippen LogP contribution in [0.3, 0.4) is 0 Å². The van der Waals surface area contributed by atoms with Gasteiger partial charge in [0.2, 0.25) is 15.9 Å². The molecule has 1 unspecified atom stereocenters.